The van der Waals surface area contributed by atoms with Crippen LogP contribution in [0.25, 0.3) is 0 Å². The highest BCUT2D eigenvalue weighted by Crippen LogP contribution is 2.38. The van der Waals surface area contributed by atoms with E-state index in [0.29, 0.717) is 40.6 Å². The normalized spacial score (nSPS) is 10.0. The SMILES string of the molecule is CCC(=O)Nc1ccccc1NC(=O)c1cc(OC)c(OC)c(OC)c1. The van der Waals surface area contributed by atoms with E-state index < -0.39 is 0 Å². The maximum Gasteiger partial charge on any atom is 0.255 e. The number of nitrogens with one attached hydrogen (secondary N) is 2. The van der Waals surface area contributed by atoms with Gasteiger partial charge in [-0.3, -0.25) is 9.59 Å². The zero-order valence-corrected chi connectivity index (χ0v) is 15.2. The van der Waals surface area contributed by atoms with Gasteiger partial charge in [0, 0.05) is 12.0 Å². The van der Waals surface area contributed by atoms with Gasteiger partial charge in [-0.2, -0.15) is 0 Å². The number of amides is 2. The third kappa shape index (κ3) is 4.24. The Bertz CT molecular complexity index is 779. The van der Waals surface area contributed by atoms with Gasteiger partial charge in [0.15, 0.2) is 11.5 Å². The molecule has 0 saturated heterocycles. The van der Waals surface area contributed by atoms with Crippen molar-refractivity contribution in [2.24, 2.45) is 0 Å². The van der Waals surface area contributed by atoms with E-state index in [9.17, 15) is 9.59 Å². The number of anilines is 2. The molecule has 26 heavy (non-hydrogen) atoms. The molecule has 2 aromatic carbocycles. The molecule has 0 aromatic heterocycles. The molecule has 0 unspecified atom stereocenters. The zero-order chi connectivity index (χ0) is 19.1. The molecule has 7 nitrogen and oxygen atoms in total. The number of rotatable bonds is 7. The highest BCUT2D eigenvalue weighted by Gasteiger charge is 2.18. The van der Waals surface area contributed by atoms with Crippen molar-refractivity contribution in [3.63, 3.8) is 0 Å². The summed E-state index contributed by atoms with van der Waals surface area (Å²) in [5.74, 6) is 0.651. The molecule has 2 aromatic rings. The van der Waals surface area contributed by atoms with E-state index in [0.717, 1.165) is 0 Å². The standard InChI is InChI=1S/C19H22N2O5/c1-5-17(22)20-13-8-6-7-9-14(13)21-19(23)12-10-15(24-2)18(26-4)16(11-12)25-3/h6-11H,5H2,1-4H3,(H,20,22)(H,21,23). The summed E-state index contributed by atoms with van der Waals surface area (Å²) in [5, 5.41) is 5.55. The van der Waals surface area contributed by atoms with E-state index in [-0.39, 0.29) is 11.8 Å². The second-order valence-corrected chi connectivity index (χ2v) is 5.32. The van der Waals surface area contributed by atoms with Crippen molar-refractivity contribution in [2.75, 3.05) is 32.0 Å². The van der Waals surface area contributed by atoms with Gasteiger partial charge in [-0.1, -0.05) is 19.1 Å². The Morgan fingerprint density at radius 2 is 1.42 bits per heavy atom. The molecule has 2 N–H and O–H groups in total. The van der Waals surface area contributed by atoms with Gasteiger partial charge in [0.2, 0.25) is 11.7 Å². The van der Waals surface area contributed by atoms with Gasteiger partial charge in [0.25, 0.3) is 5.91 Å². The van der Waals surface area contributed by atoms with E-state index in [2.05, 4.69) is 10.6 Å². The van der Waals surface area contributed by atoms with Crippen molar-refractivity contribution in [3.05, 3.63) is 42.0 Å². The van der Waals surface area contributed by atoms with Crippen LogP contribution in [0, 0.1) is 0 Å². The fourth-order valence-electron chi connectivity index (χ4n) is 2.35. The number of benzene rings is 2. The fraction of sp³-hybridized carbons (Fsp3) is 0.263. The van der Waals surface area contributed by atoms with Gasteiger partial charge in [-0.15, -0.1) is 0 Å². The van der Waals surface area contributed by atoms with Gasteiger partial charge >= 0.3 is 0 Å². The van der Waals surface area contributed by atoms with Crippen molar-refractivity contribution < 1.29 is 23.8 Å². The predicted octanol–water partition coefficient (Wildman–Crippen LogP) is 3.31. The van der Waals surface area contributed by atoms with Crippen LogP contribution in [0.5, 0.6) is 17.2 Å². The van der Waals surface area contributed by atoms with E-state index >= 15 is 0 Å². The summed E-state index contributed by atoms with van der Waals surface area (Å²) in [7, 11) is 4.45. The lowest BCUT2D eigenvalue weighted by Gasteiger charge is -2.15. The average Bonchev–Trinajstić information content (AvgIpc) is 2.67. The number of carbonyl (C=O) groups excluding carboxylic acids is 2. The maximum atomic E-state index is 12.7. The summed E-state index contributed by atoms with van der Waals surface area (Å²) >= 11 is 0. The zero-order valence-electron chi connectivity index (χ0n) is 15.2. The van der Waals surface area contributed by atoms with Crippen LogP contribution in [-0.2, 0) is 4.79 Å². The molecule has 0 saturated carbocycles. The van der Waals surface area contributed by atoms with Crippen LogP contribution in [0.2, 0.25) is 0 Å². The van der Waals surface area contributed by atoms with Crippen molar-refractivity contribution in [1.82, 2.24) is 0 Å². The Labute approximate surface area is 152 Å². The molecule has 0 spiro atoms. The second-order valence-electron chi connectivity index (χ2n) is 5.32. The molecular formula is C19H22N2O5. The average molecular weight is 358 g/mol. The lowest BCUT2D eigenvalue weighted by molar-refractivity contribution is -0.115. The Kier molecular flexibility index (Phi) is 6.43. The smallest absolute Gasteiger partial charge is 0.255 e. The first-order chi connectivity index (χ1) is 12.5. The van der Waals surface area contributed by atoms with E-state index in [1.807, 2.05) is 0 Å². The largest absolute Gasteiger partial charge is 0.493 e. The minimum atomic E-state index is -0.373. The lowest BCUT2D eigenvalue weighted by Crippen LogP contribution is -2.16. The maximum absolute atomic E-state index is 12.7. The van der Waals surface area contributed by atoms with Crippen LogP contribution in [0.1, 0.15) is 23.7 Å². The number of carbonyl (C=O) groups is 2. The Morgan fingerprint density at radius 3 is 1.88 bits per heavy atom. The van der Waals surface area contributed by atoms with Crippen LogP contribution >= 0.6 is 0 Å². The van der Waals surface area contributed by atoms with Crippen LogP contribution in [0.3, 0.4) is 0 Å². The van der Waals surface area contributed by atoms with E-state index in [1.165, 1.54) is 21.3 Å². The Morgan fingerprint density at radius 1 is 0.885 bits per heavy atom. The first-order valence-electron chi connectivity index (χ1n) is 8.04. The van der Waals surface area contributed by atoms with Crippen LogP contribution < -0.4 is 24.8 Å². The first kappa shape index (κ1) is 19.1. The quantitative estimate of drug-likeness (QED) is 0.793. The number of hydrogen-bond donors (Lipinski definition) is 2. The molecule has 2 rings (SSSR count). The minimum Gasteiger partial charge on any atom is -0.493 e. The summed E-state index contributed by atoms with van der Waals surface area (Å²) in [6.45, 7) is 1.76. The van der Waals surface area contributed by atoms with Crippen LogP contribution in [0.15, 0.2) is 36.4 Å². The number of ether oxygens (including phenoxy) is 3. The van der Waals surface area contributed by atoms with Crippen molar-refractivity contribution >= 4 is 23.2 Å². The molecule has 0 aliphatic heterocycles. The van der Waals surface area contributed by atoms with Crippen molar-refractivity contribution in [2.45, 2.75) is 13.3 Å². The number of methoxy groups -OCH3 is 3. The topological polar surface area (TPSA) is 85.9 Å². The molecule has 2 amide bonds. The van der Waals surface area contributed by atoms with Crippen molar-refractivity contribution in [3.8, 4) is 17.2 Å². The molecular weight excluding hydrogens is 336 g/mol. The summed E-state index contributed by atoms with van der Waals surface area (Å²) in [6, 6.07) is 10.1. The molecule has 138 valence electrons. The van der Waals surface area contributed by atoms with Crippen molar-refractivity contribution in [1.29, 1.82) is 0 Å². The minimum absolute atomic E-state index is 0.139. The summed E-state index contributed by atoms with van der Waals surface area (Å²) in [6.07, 6.45) is 0.342. The highest BCUT2D eigenvalue weighted by molar-refractivity contribution is 6.07. The monoisotopic (exact) mass is 358 g/mol. The summed E-state index contributed by atoms with van der Waals surface area (Å²) < 4.78 is 15.8. The van der Waals surface area contributed by atoms with Gasteiger partial charge in [0.05, 0.1) is 32.7 Å². The highest BCUT2D eigenvalue weighted by atomic mass is 16.5. The number of para-hydroxylation sites is 2. The predicted molar refractivity (Wildman–Crippen MR) is 99.4 cm³/mol. The van der Waals surface area contributed by atoms with E-state index in [1.54, 1.807) is 43.3 Å². The van der Waals surface area contributed by atoms with Gasteiger partial charge in [-0.05, 0) is 24.3 Å². The fourth-order valence-corrected chi connectivity index (χ4v) is 2.35. The molecule has 0 atom stereocenters. The first-order valence-corrected chi connectivity index (χ1v) is 8.04. The van der Waals surface area contributed by atoms with Gasteiger partial charge in [0.1, 0.15) is 0 Å². The summed E-state index contributed by atoms with van der Waals surface area (Å²) in [4.78, 5) is 24.3. The second kappa shape index (κ2) is 8.75. The van der Waals surface area contributed by atoms with E-state index in [4.69, 9.17) is 14.2 Å². The van der Waals surface area contributed by atoms with Crippen LogP contribution in [0.4, 0.5) is 11.4 Å². The molecule has 0 aliphatic rings. The lowest BCUT2D eigenvalue weighted by atomic mass is 10.1. The molecule has 0 aliphatic carbocycles. The Balaban J connectivity index is 2.32. The molecule has 0 heterocycles. The molecule has 7 heteroatoms. The Hall–Kier alpha value is -3.22. The summed E-state index contributed by atoms with van der Waals surface area (Å²) in [5.41, 5.74) is 1.35. The van der Waals surface area contributed by atoms with Gasteiger partial charge < -0.3 is 24.8 Å². The van der Waals surface area contributed by atoms with Gasteiger partial charge in [-0.25, -0.2) is 0 Å². The molecule has 0 fully saturated rings. The third-order valence-corrected chi connectivity index (χ3v) is 3.70. The third-order valence-electron chi connectivity index (χ3n) is 3.70. The van der Waals surface area contributed by atoms with Crippen LogP contribution in [-0.4, -0.2) is 33.1 Å². The number of hydrogen-bond acceptors (Lipinski definition) is 5. The molecule has 0 radical (unpaired) electrons. The molecule has 0 bridgehead atoms.